The van der Waals surface area contributed by atoms with Gasteiger partial charge in [0.15, 0.2) is 0 Å². The highest BCUT2D eigenvalue weighted by Crippen LogP contribution is 2.25. The van der Waals surface area contributed by atoms with Crippen LogP contribution in [0.2, 0.25) is 0 Å². The summed E-state index contributed by atoms with van der Waals surface area (Å²) in [5.41, 5.74) is 0.394. The number of benzene rings is 1. The number of rotatable bonds is 5. The number of urea groups is 1. The number of halogens is 1. The monoisotopic (exact) mass is 345 g/mol. The van der Waals surface area contributed by atoms with E-state index < -0.39 is 29.7 Å². The van der Waals surface area contributed by atoms with Crippen molar-refractivity contribution in [2.24, 2.45) is 0 Å². The van der Waals surface area contributed by atoms with Gasteiger partial charge in [-0.15, -0.1) is 0 Å². The van der Waals surface area contributed by atoms with Crippen LogP contribution in [0.4, 0.5) is 14.9 Å². The predicted molar refractivity (Wildman–Crippen MR) is 86.0 cm³/mol. The van der Waals surface area contributed by atoms with Crippen LogP contribution in [0, 0.1) is 5.82 Å². The van der Waals surface area contributed by atoms with Gasteiger partial charge in [-0.2, -0.15) is 0 Å². The van der Waals surface area contributed by atoms with Crippen LogP contribution in [-0.2, 0) is 16.1 Å². The first-order valence-electron chi connectivity index (χ1n) is 7.66. The molecule has 0 radical (unpaired) electrons. The zero-order chi connectivity index (χ0) is 18.0. The van der Waals surface area contributed by atoms with Crippen molar-refractivity contribution in [1.82, 2.24) is 10.2 Å². The maximum absolute atomic E-state index is 13.1. The first kappa shape index (κ1) is 16.7. The minimum absolute atomic E-state index is 0.166. The second-order valence-corrected chi connectivity index (χ2v) is 5.59. The Morgan fingerprint density at radius 3 is 2.60 bits per heavy atom. The van der Waals surface area contributed by atoms with Crippen LogP contribution >= 0.6 is 0 Å². The van der Waals surface area contributed by atoms with Crippen LogP contribution in [0.3, 0.4) is 0 Å². The Kier molecular flexibility index (Phi) is 4.51. The molecule has 0 spiro atoms. The molecule has 2 aromatic rings. The van der Waals surface area contributed by atoms with Crippen molar-refractivity contribution in [2.75, 3.05) is 11.4 Å². The van der Waals surface area contributed by atoms with Gasteiger partial charge >= 0.3 is 6.03 Å². The number of anilines is 1. The molecule has 1 aliphatic heterocycles. The first-order chi connectivity index (χ1) is 12.0. The van der Waals surface area contributed by atoms with Crippen LogP contribution in [0.5, 0.6) is 0 Å². The standard InChI is InChI=1S/C17H16FN3O4/c1-11-16(23)20(10-15(22)19-9-14-3-2-8-25-14)17(24)21(11)13-6-4-12(18)5-7-13/h2-8,11H,9-10H2,1H3,(H,19,22)/t11-/m0/s1. The van der Waals surface area contributed by atoms with Crippen molar-refractivity contribution in [1.29, 1.82) is 0 Å². The van der Waals surface area contributed by atoms with Crippen molar-refractivity contribution >= 4 is 23.5 Å². The van der Waals surface area contributed by atoms with Crippen LogP contribution in [0.25, 0.3) is 0 Å². The number of carbonyl (C=O) groups is 3. The largest absolute Gasteiger partial charge is 0.467 e. The number of hydrogen-bond acceptors (Lipinski definition) is 4. The molecule has 0 bridgehead atoms. The minimum atomic E-state index is -0.768. The minimum Gasteiger partial charge on any atom is -0.467 e. The molecular weight excluding hydrogens is 329 g/mol. The maximum Gasteiger partial charge on any atom is 0.332 e. The van der Waals surface area contributed by atoms with Crippen molar-refractivity contribution in [3.05, 3.63) is 54.2 Å². The molecule has 0 unspecified atom stereocenters. The normalized spacial score (nSPS) is 17.3. The lowest BCUT2D eigenvalue weighted by Crippen LogP contribution is -2.41. The molecule has 130 valence electrons. The van der Waals surface area contributed by atoms with E-state index in [-0.39, 0.29) is 13.1 Å². The van der Waals surface area contributed by atoms with Gasteiger partial charge in [0.05, 0.1) is 12.8 Å². The van der Waals surface area contributed by atoms with E-state index in [1.54, 1.807) is 19.1 Å². The van der Waals surface area contributed by atoms with Crippen molar-refractivity contribution in [2.45, 2.75) is 19.5 Å². The zero-order valence-corrected chi connectivity index (χ0v) is 13.4. The van der Waals surface area contributed by atoms with E-state index in [9.17, 15) is 18.8 Å². The lowest BCUT2D eigenvalue weighted by Gasteiger charge is -2.19. The van der Waals surface area contributed by atoms with E-state index >= 15 is 0 Å². The molecule has 8 heteroatoms. The number of carbonyl (C=O) groups excluding carboxylic acids is 3. The summed E-state index contributed by atoms with van der Waals surface area (Å²) in [6, 6.07) is 7.25. The van der Waals surface area contributed by atoms with E-state index in [0.717, 1.165) is 4.90 Å². The average molecular weight is 345 g/mol. The van der Waals surface area contributed by atoms with Crippen LogP contribution < -0.4 is 10.2 Å². The van der Waals surface area contributed by atoms with Gasteiger partial charge in [0.25, 0.3) is 5.91 Å². The van der Waals surface area contributed by atoms with Gasteiger partial charge < -0.3 is 9.73 Å². The average Bonchev–Trinajstić information content (AvgIpc) is 3.18. The number of nitrogens with one attached hydrogen (secondary N) is 1. The molecule has 1 atom stereocenters. The Morgan fingerprint density at radius 2 is 1.96 bits per heavy atom. The van der Waals surface area contributed by atoms with E-state index in [4.69, 9.17) is 4.42 Å². The Balaban J connectivity index is 1.67. The van der Waals surface area contributed by atoms with Gasteiger partial charge in [-0.05, 0) is 43.3 Å². The summed E-state index contributed by atoms with van der Waals surface area (Å²) < 4.78 is 18.1. The first-order valence-corrected chi connectivity index (χ1v) is 7.66. The fourth-order valence-corrected chi connectivity index (χ4v) is 2.61. The van der Waals surface area contributed by atoms with E-state index in [2.05, 4.69) is 5.32 Å². The lowest BCUT2D eigenvalue weighted by atomic mass is 10.2. The Morgan fingerprint density at radius 1 is 1.24 bits per heavy atom. The Hall–Kier alpha value is -3.16. The van der Waals surface area contributed by atoms with E-state index in [0.29, 0.717) is 11.4 Å². The second kappa shape index (κ2) is 6.76. The summed E-state index contributed by atoms with van der Waals surface area (Å²) in [7, 11) is 0. The Bertz CT molecular complexity index is 789. The fourth-order valence-electron chi connectivity index (χ4n) is 2.61. The summed E-state index contributed by atoms with van der Waals surface area (Å²) in [6.45, 7) is 1.34. The summed E-state index contributed by atoms with van der Waals surface area (Å²) in [4.78, 5) is 39.0. The quantitative estimate of drug-likeness (QED) is 0.839. The molecule has 7 nitrogen and oxygen atoms in total. The summed E-state index contributed by atoms with van der Waals surface area (Å²) in [6.07, 6.45) is 1.48. The van der Waals surface area contributed by atoms with Gasteiger partial charge in [0.2, 0.25) is 5.91 Å². The van der Waals surface area contributed by atoms with Gasteiger partial charge in [-0.3, -0.25) is 19.4 Å². The Labute approximate surface area is 143 Å². The van der Waals surface area contributed by atoms with Gasteiger partial charge in [0, 0.05) is 5.69 Å². The molecule has 4 amide bonds. The number of hydrogen-bond donors (Lipinski definition) is 1. The molecule has 3 rings (SSSR count). The summed E-state index contributed by atoms with van der Waals surface area (Å²) in [5.74, 6) is -0.842. The van der Waals surface area contributed by atoms with Gasteiger partial charge in [0.1, 0.15) is 24.2 Å². The second-order valence-electron chi connectivity index (χ2n) is 5.59. The number of imide groups is 1. The number of furan rings is 1. The van der Waals surface area contributed by atoms with Crippen molar-refractivity contribution < 1.29 is 23.2 Å². The predicted octanol–water partition coefficient (Wildman–Crippen LogP) is 1.89. The van der Waals surface area contributed by atoms with Crippen LogP contribution in [-0.4, -0.2) is 35.3 Å². The van der Waals surface area contributed by atoms with E-state index in [1.165, 1.54) is 35.4 Å². The molecule has 0 saturated carbocycles. The molecule has 1 aliphatic rings. The molecule has 1 N–H and O–H groups in total. The summed E-state index contributed by atoms with van der Waals surface area (Å²) >= 11 is 0. The molecule has 0 aliphatic carbocycles. The third kappa shape index (κ3) is 3.37. The molecule has 2 heterocycles. The maximum atomic E-state index is 13.1. The van der Waals surface area contributed by atoms with Gasteiger partial charge in [-0.25, -0.2) is 9.18 Å². The zero-order valence-electron chi connectivity index (χ0n) is 13.4. The third-order valence-corrected chi connectivity index (χ3v) is 3.89. The molecule has 1 fully saturated rings. The highest BCUT2D eigenvalue weighted by molar-refractivity contribution is 6.15. The molecule has 1 aromatic carbocycles. The van der Waals surface area contributed by atoms with Gasteiger partial charge in [-0.1, -0.05) is 0 Å². The summed E-state index contributed by atoms with van der Waals surface area (Å²) in [5, 5.41) is 2.58. The smallest absolute Gasteiger partial charge is 0.332 e. The number of amides is 4. The third-order valence-electron chi connectivity index (χ3n) is 3.89. The molecule has 1 aromatic heterocycles. The molecule has 1 saturated heterocycles. The SMILES string of the molecule is C[C@H]1C(=O)N(CC(=O)NCc2ccco2)C(=O)N1c1ccc(F)cc1. The van der Waals surface area contributed by atoms with Crippen molar-refractivity contribution in [3.8, 4) is 0 Å². The lowest BCUT2D eigenvalue weighted by molar-refractivity contribution is -0.131. The van der Waals surface area contributed by atoms with E-state index in [1.807, 2.05) is 0 Å². The molecular formula is C17H16FN3O4. The topological polar surface area (TPSA) is 82.9 Å². The van der Waals surface area contributed by atoms with Crippen LogP contribution in [0.15, 0.2) is 47.1 Å². The van der Waals surface area contributed by atoms with Crippen LogP contribution in [0.1, 0.15) is 12.7 Å². The molecule has 25 heavy (non-hydrogen) atoms. The highest BCUT2D eigenvalue weighted by atomic mass is 19.1. The van der Waals surface area contributed by atoms with Crippen molar-refractivity contribution in [3.63, 3.8) is 0 Å². The fraction of sp³-hybridized carbons (Fsp3) is 0.235. The number of nitrogens with zero attached hydrogens (tertiary/aromatic N) is 2. The highest BCUT2D eigenvalue weighted by Gasteiger charge is 2.43.